The Bertz CT molecular complexity index is 448. The number of nitrogens with one attached hydrogen (secondary N) is 2. The Morgan fingerprint density at radius 1 is 1.58 bits per heavy atom. The van der Waals surface area contributed by atoms with Gasteiger partial charge in [-0.05, 0) is 25.0 Å². The molecule has 0 bridgehead atoms. The van der Waals surface area contributed by atoms with Gasteiger partial charge in [-0.2, -0.15) is 0 Å². The molecule has 6 heteroatoms. The number of urea groups is 1. The third kappa shape index (κ3) is 4.01. The summed E-state index contributed by atoms with van der Waals surface area (Å²) in [5.74, 6) is 0.648. The molecule has 1 aliphatic rings. The fourth-order valence-electron chi connectivity index (χ4n) is 1.90. The molecule has 0 radical (unpaired) electrons. The first-order chi connectivity index (χ1) is 9.19. The minimum Gasteiger partial charge on any atom is -0.497 e. The van der Waals surface area contributed by atoms with Gasteiger partial charge in [0.2, 0.25) is 0 Å². The monoisotopic (exact) mass is 284 g/mol. The predicted octanol–water partition coefficient (Wildman–Crippen LogP) is 2.65. The van der Waals surface area contributed by atoms with E-state index in [9.17, 15) is 4.79 Å². The van der Waals surface area contributed by atoms with Crippen molar-refractivity contribution in [1.82, 2.24) is 5.32 Å². The first kappa shape index (κ1) is 14.0. The van der Waals surface area contributed by atoms with Crippen molar-refractivity contribution in [3.8, 4) is 5.75 Å². The highest BCUT2D eigenvalue weighted by molar-refractivity contribution is 6.33. The molecule has 0 aliphatic carbocycles. The first-order valence-corrected chi connectivity index (χ1v) is 6.57. The Kier molecular flexibility index (Phi) is 4.87. The number of carbonyl (C=O) groups is 1. The molecule has 1 saturated heterocycles. The van der Waals surface area contributed by atoms with Crippen LogP contribution in [0.2, 0.25) is 5.02 Å². The normalized spacial score (nSPS) is 18.1. The molecule has 1 aromatic carbocycles. The van der Waals surface area contributed by atoms with Gasteiger partial charge in [-0.15, -0.1) is 0 Å². The van der Waals surface area contributed by atoms with E-state index in [0.29, 0.717) is 23.0 Å². The molecule has 1 aliphatic heterocycles. The molecule has 2 amide bonds. The van der Waals surface area contributed by atoms with Crippen LogP contribution in [0.15, 0.2) is 18.2 Å². The number of ether oxygens (including phenoxy) is 2. The second kappa shape index (κ2) is 6.63. The van der Waals surface area contributed by atoms with Crippen molar-refractivity contribution >= 4 is 23.3 Å². The highest BCUT2D eigenvalue weighted by Gasteiger charge is 2.16. The average Bonchev–Trinajstić information content (AvgIpc) is 2.92. The molecule has 0 spiro atoms. The fourth-order valence-corrected chi connectivity index (χ4v) is 2.12. The van der Waals surface area contributed by atoms with E-state index in [-0.39, 0.29) is 12.1 Å². The number of methoxy groups -OCH3 is 1. The van der Waals surface area contributed by atoms with Crippen LogP contribution in [0.3, 0.4) is 0 Å². The standard InChI is InChI=1S/C13H17ClN2O3/c1-18-9-4-5-12(11(14)7-9)16-13(17)15-8-10-3-2-6-19-10/h4-5,7,10H,2-3,6,8H2,1H3,(H2,15,16,17). The summed E-state index contributed by atoms with van der Waals surface area (Å²) in [6.45, 7) is 1.29. The minimum absolute atomic E-state index is 0.122. The van der Waals surface area contributed by atoms with Crippen LogP contribution >= 0.6 is 11.6 Å². The van der Waals surface area contributed by atoms with E-state index in [2.05, 4.69) is 10.6 Å². The molecule has 1 atom stereocenters. The summed E-state index contributed by atoms with van der Waals surface area (Å²) in [6.07, 6.45) is 2.17. The van der Waals surface area contributed by atoms with Crippen molar-refractivity contribution in [3.63, 3.8) is 0 Å². The van der Waals surface area contributed by atoms with Crippen LogP contribution in [0.4, 0.5) is 10.5 Å². The lowest BCUT2D eigenvalue weighted by atomic mass is 10.2. The number of hydrogen-bond donors (Lipinski definition) is 2. The van der Waals surface area contributed by atoms with Gasteiger partial charge >= 0.3 is 6.03 Å². The lowest BCUT2D eigenvalue weighted by Crippen LogP contribution is -2.35. The van der Waals surface area contributed by atoms with Crippen LogP contribution in [-0.2, 0) is 4.74 Å². The maximum absolute atomic E-state index is 11.7. The summed E-state index contributed by atoms with van der Waals surface area (Å²) in [5.41, 5.74) is 0.548. The molecular weight excluding hydrogens is 268 g/mol. The number of rotatable bonds is 4. The number of carbonyl (C=O) groups excluding carboxylic acids is 1. The zero-order valence-corrected chi connectivity index (χ0v) is 11.5. The Labute approximate surface area is 117 Å². The summed E-state index contributed by atoms with van der Waals surface area (Å²) >= 11 is 6.03. The SMILES string of the molecule is COc1ccc(NC(=O)NCC2CCCO2)c(Cl)c1. The summed E-state index contributed by atoms with van der Waals surface area (Å²) in [6, 6.07) is 4.80. The number of amides is 2. The first-order valence-electron chi connectivity index (χ1n) is 6.19. The molecule has 19 heavy (non-hydrogen) atoms. The van der Waals surface area contributed by atoms with Crippen molar-refractivity contribution in [1.29, 1.82) is 0 Å². The van der Waals surface area contributed by atoms with Gasteiger partial charge in [0, 0.05) is 19.2 Å². The van der Waals surface area contributed by atoms with E-state index in [1.165, 1.54) is 0 Å². The van der Waals surface area contributed by atoms with Gasteiger partial charge in [-0.3, -0.25) is 0 Å². The second-order valence-electron chi connectivity index (χ2n) is 4.32. The van der Waals surface area contributed by atoms with E-state index < -0.39 is 0 Å². The van der Waals surface area contributed by atoms with Crippen molar-refractivity contribution in [2.75, 3.05) is 25.6 Å². The number of anilines is 1. The maximum Gasteiger partial charge on any atom is 0.319 e. The quantitative estimate of drug-likeness (QED) is 0.893. The maximum atomic E-state index is 11.7. The Morgan fingerprint density at radius 2 is 2.42 bits per heavy atom. The molecule has 0 aromatic heterocycles. The van der Waals surface area contributed by atoms with E-state index in [4.69, 9.17) is 21.1 Å². The lowest BCUT2D eigenvalue weighted by Gasteiger charge is -2.12. The highest BCUT2D eigenvalue weighted by atomic mass is 35.5. The van der Waals surface area contributed by atoms with E-state index in [0.717, 1.165) is 19.4 Å². The van der Waals surface area contributed by atoms with Crippen molar-refractivity contribution < 1.29 is 14.3 Å². The van der Waals surface area contributed by atoms with Crippen LogP contribution in [-0.4, -0.2) is 32.4 Å². The molecule has 1 unspecified atom stereocenters. The molecule has 5 nitrogen and oxygen atoms in total. The molecule has 1 heterocycles. The smallest absolute Gasteiger partial charge is 0.319 e. The van der Waals surface area contributed by atoms with Crippen LogP contribution in [0.25, 0.3) is 0 Å². The van der Waals surface area contributed by atoms with Gasteiger partial charge in [-0.1, -0.05) is 11.6 Å². The summed E-state index contributed by atoms with van der Waals surface area (Å²) in [7, 11) is 1.56. The van der Waals surface area contributed by atoms with Crippen LogP contribution in [0.5, 0.6) is 5.75 Å². The summed E-state index contributed by atoms with van der Waals surface area (Å²) < 4.78 is 10.5. The number of benzene rings is 1. The van der Waals surface area contributed by atoms with Crippen molar-refractivity contribution in [3.05, 3.63) is 23.2 Å². The minimum atomic E-state index is -0.289. The Morgan fingerprint density at radius 3 is 3.05 bits per heavy atom. The van der Waals surface area contributed by atoms with Crippen molar-refractivity contribution in [2.24, 2.45) is 0 Å². The average molecular weight is 285 g/mol. The zero-order valence-electron chi connectivity index (χ0n) is 10.7. The van der Waals surface area contributed by atoms with Gasteiger partial charge in [-0.25, -0.2) is 4.79 Å². The second-order valence-corrected chi connectivity index (χ2v) is 4.72. The molecule has 0 saturated carbocycles. The van der Waals surface area contributed by atoms with E-state index in [1.807, 2.05) is 0 Å². The van der Waals surface area contributed by atoms with Gasteiger partial charge < -0.3 is 20.1 Å². The van der Waals surface area contributed by atoms with Gasteiger partial charge in [0.05, 0.1) is 23.9 Å². The Hall–Kier alpha value is -1.46. The third-order valence-electron chi connectivity index (χ3n) is 2.94. The topological polar surface area (TPSA) is 59.6 Å². The number of hydrogen-bond acceptors (Lipinski definition) is 3. The summed E-state index contributed by atoms with van der Waals surface area (Å²) in [5, 5.41) is 5.89. The highest BCUT2D eigenvalue weighted by Crippen LogP contribution is 2.26. The summed E-state index contributed by atoms with van der Waals surface area (Å²) in [4.78, 5) is 11.7. The van der Waals surface area contributed by atoms with Crippen LogP contribution in [0, 0.1) is 0 Å². The van der Waals surface area contributed by atoms with Gasteiger partial charge in [0.25, 0.3) is 0 Å². The number of halogens is 1. The molecule has 1 fully saturated rings. The molecule has 2 rings (SSSR count). The van der Waals surface area contributed by atoms with E-state index >= 15 is 0 Å². The van der Waals surface area contributed by atoms with E-state index in [1.54, 1.807) is 25.3 Å². The largest absolute Gasteiger partial charge is 0.497 e. The molecule has 104 valence electrons. The molecule has 2 N–H and O–H groups in total. The predicted molar refractivity (Wildman–Crippen MR) is 74.0 cm³/mol. The molecule has 1 aromatic rings. The van der Waals surface area contributed by atoms with Gasteiger partial charge in [0.15, 0.2) is 0 Å². The lowest BCUT2D eigenvalue weighted by molar-refractivity contribution is 0.112. The zero-order chi connectivity index (χ0) is 13.7. The van der Waals surface area contributed by atoms with Gasteiger partial charge in [0.1, 0.15) is 5.75 Å². The van der Waals surface area contributed by atoms with Crippen LogP contribution < -0.4 is 15.4 Å². The van der Waals surface area contributed by atoms with Crippen molar-refractivity contribution in [2.45, 2.75) is 18.9 Å². The van der Waals surface area contributed by atoms with Crippen LogP contribution in [0.1, 0.15) is 12.8 Å². The Balaban J connectivity index is 1.84. The third-order valence-corrected chi connectivity index (χ3v) is 3.25. The molecular formula is C13H17ClN2O3. The fraction of sp³-hybridized carbons (Fsp3) is 0.462.